The topological polar surface area (TPSA) is 32.3 Å². The number of hydrogen-bond acceptors (Lipinski definition) is 2. The van der Waals surface area contributed by atoms with Crippen LogP contribution in [0.5, 0.6) is 0 Å². The van der Waals surface area contributed by atoms with Crippen molar-refractivity contribution in [1.29, 1.82) is 0 Å². The Labute approximate surface area is 94.1 Å². The summed E-state index contributed by atoms with van der Waals surface area (Å²) in [7, 11) is 0. The molecule has 84 valence electrons. The lowest BCUT2D eigenvalue weighted by Crippen LogP contribution is -2.26. The maximum atomic E-state index is 13.0. The third-order valence-corrected chi connectivity index (χ3v) is 2.28. The van der Waals surface area contributed by atoms with Gasteiger partial charge in [0.15, 0.2) is 0 Å². The van der Waals surface area contributed by atoms with Gasteiger partial charge in [-0.1, -0.05) is 25.4 Å². The molecule has 0 aliphatic carbocycles. The van der Waals surface area contributed by atoms with Crippen LogP contribution >= 0.6 is 11.6 Å². The van der Waals surface area contributed by atoms with Crippen LogP contribution in [0.15, 0.2) is 18.2 Å². The average molecular weight is 232 g/mol. The molecular weight excluding hydrogens is 217 g/mol. The van der Waals surface area contributed by atoms with Crippen molar-refractivity contribution < 1.29 is 9.50 Å². The number of halogens is 2. The molecule has 0 saturated carbocycles. The van der Waals surface area contributed by atoms with Gasteiger partial charge in [-0.3, -0.25) is 0 Å². The first-order valence-electron chi connectivity index (χ1n) is 4.74. The maximum absolute atomic E-state index is 13.0. The van der Waals surface area contributed by atoms with Gasteiger partial charge in [0.05, 0.1) is 0 Å². The molecule has 0 bridgehead atoms. The van der Waals surface area contributed by atoms with Gasteiger partial charge in [-0.15, -0.1) is 0 Å². The van der Waals surface area contributed by atoms with Crippen LogP contribution in [0.4, 0.5) is 10.1 Å². The first-order valence-corrected chi connectivity index (χ1v) is 5.11. The Bertz CT molecular complexity index is 321. The summed E-state index contributed by atoms with van der Waals surface area (Å²) in [5, 5.41) is 12.4. The first kappa shape index (κ1) is 12.3. The smallest absolute Gasteiger partial charge is 0.126 e. The van der Waals surface area contributed by atoms with Crippen molar-refractivity contribution in [2.45, 2.75) is 13.8 Å². The summed E-state index contributed by atoms with van der Waals surface area (Å²) in [6.45, 7) is 4.47. The van der Waals surface area contributed by atoms with Gasteiger partial charge in [0.25, 0.3) is 0 Å². The Morgan fingerprint density at radius 1 is 1.40 bits per heavy atom. The van der Waals surface area contributed by atoms with E-state index in [1.54, 1.807) is 6.07 Å². The molecule has 1 aromatic rings. The van der Waals surface area contributed by atoms with Crippen molar-refractivity contribution in [3.05, 3.63) is 29.0 Å². The highest BCUT2D eigenvalue weighted by atomic mass is 35.5. The number of rotatable bonds is 4. The lowest BCUT2D eigenvalue weighted by Gasteiger charge is -2.22. The Balaban J connectivity index is 2.65. The van der Waals surface area contributed by atoms with Gasteiger partial charge in [-0.25, -0.2) is 4.39 Å². The van der Waals surface area contributed by atoms with Crippen molar-refractivity contribution >= 4 is 17.3 Å². The zero-order valence-corrected chi connectivity index (χ0v) is 9.61. The van der Waals surface area contributed by atoms with Gasteiger partial charge in [-0.05, 0) is 18.2 Å². The minimum Gasteiger partial charge on any atom is -0.396 e. The second-order valence-electron chi connectivity index (χ2n) is 4.33. The van der Waals surface area contributed by atoms with Crippen molar-refractivity contribution in [2.75, 3.05) is 18.5 Å². The molecular formula is C11H15ClFNO. The fraction of sp³-hybridized carbons (Fsp3) is 0.455. The molecule has 1 rings (SSSR count). The van der Waals surface area contributed by atoms with Crippen LogP contribution in [0, 0.1) is 11.2 Å². The molecule has 0 aliphatic heterocycles. The van der Waals surface area contributed by atoms with Gasteiger partial charge >= 0.3 is 0 Å². The second kappa shape index (κ2) is 4.81. The van der Waals surface area contributed by atoms with Crippen LogP contribution in [0.1, 0.15) is 13.8 Å². The molecule has 0 radical (unpaired) electrons. The normalized spacial score (nSPS) is 11.5. The van der Waals surface area contributed by atoms with Gasteiger partial charge < -0.3 is 10.4 Å². The lowest BCUT2D eigenvalue weighted by atomic mass is 9.95. The summed E-state index contributed by atoms with van der Waals surface area (Å²) in [6, 6.07) is 4.28. The molecule has 2 nitrogen and oxygen atoms in total. The van der Waals surface area contributed by atoms with E-state index in [4.69, 9.17) is 16.7 Å². The average Bonchev–Trinajstić information content (AvgIpc) is 2.14. The maximum Gasteiger partial charge on any atom is 0.126 e. The zero-order chi connectivity index (χ0) is 11.5. The molecule has 0 saturated heterocycles. The molecule has 0 unspecified atom stereocenters. The van der Waals surface area contributed by atoms with E-state index < -0.39 is 0 Å². The highest BCUT2D eigenvalue weighted by Gasteiger charge is 2.15. The zero-order valence-electron chi connectivity index (χ0n) is 8.85. The summed E-state index contributed by atoms with van der Waals surface area (Å²) in [6.07, 6.45) is 0. The molecule has 0 amide bonds. The van der Waals surface area contributed by atoms with Gasteiger partial charge in [-0.2, -0.15) is 0 Å². The summed E-state index contributed by atoms with van der Waals surface area (Å²) in [4.78, 5) is 0. The molecule has 0 aliphatic rings. The predicted octanol–water partition coefficient (Wildman–Crippen LogP) is 2.91. The highest BCUT2D eigenvalue weighted by molar-refractivity contribution is 6.30. The highest BCUT2D eigenvalue weighted by Crippen LogP contribution is 2.20. The monoisotopic (exact) mass is 231 g/mol. The van der Waals surface area contributed by atoms with Crippen LogP contribution < -0.4 is 5.32 Å². The number of aliphatic hydroxyl groups is 1. The quantitative estimate of drug-likeness (QED) is 0.835. The van der Waals surface area contributed by atoms with E-state index in [1.807, 2.05) is 13.8 Å². The fourth-order valence-electron chi connectivity index (χ4n) is 1.05. The lowest BCUT2D eigenvalue weighted by molar-refractivity contribution is 0.171. The number of nitrogens with one attached hydrogen (secondary N) is 1. The van der Waals surface area contributed by atoms with E-state index in [2.05, 4.69) is 5.32 Å². The minimum absolute atomic E-state index is 0.0725. The number of anilines is 1. The molecule has 1 aromatic carbocycles. The number of hydrogen-bond donors (Lipinski definition) is 2. The van der Waals surface area contributed by atoms with E-state index in [0.29, 0.717) is 17.3 Å². The Morgan fingerprint density at radius 2 is 2.07 bits per heavy atom. The van der Waals surface area contributed by atoms with Crippen LogP contribution in [0.25, 0.3) is 0 Å². The second-order valence-corrected chi connectivity index (χ2v) is 4.77. The minimum atomic E-state index is -0.369. The Hall–Kier alpha value is -0.800. The fourth-order valence-corrected chi connectivity index (χ4v) is 1.27. The first-order chi connectivity index (χ1) is 6.93. The summed E-state index contributed by atoms with van der Waals surface area (Å²) >= 11 is 5.70. The van der Waals surface area contributed by atoms with E-state index in [9.17, 15) is 4.39 Å². The van der Waals surface area contributed by atoms with E-state index in [0.717, 1.165) is 0 Å². The van der Waals surface area contributed by atoms with Crippen molar-refractivity contribution in [3.8, 4) is 0 Å². The van der Waals surface area contributed by atoms with Crippen LogP contribution in [0.3, 0.4) is 0 Å². The molecule has 0 aromatic heterocycles. The third kappa shape index (κ3) is 4.06. The summed E-state index contributed by atoms with van der Waals surface area (Å²) in [5.74, 6) is -0.369. The largest absolute Gasteiger partial charge is 0.396 e. The van der Waals surface area contributed by atoms with Crippen molar-refractivity contribution in [1.82, 2.24) is 0 Å². The van der Waals surface area contributed by atoms with Gasteiger partial charge in [0.1, 0.15) is 5.82 Å². The number of benzene rings is 1. The van der Waals surface area contributed by atoms with Crippen molar-refractivity contribution in [3.63, 3.8) is 0 Å². The molecule has 0 atom stereocenters. The SMILES string of the molecule is CC(C)(CO)CNc1cc(F)cc(Cl)c1. The van der Waals surface area contributed by atoms with Crippen molar-refractivity contribution in [2.24, 2.45) is 5.41 Å². The standard InChI is InChI=1S/C11H15ClFNO/c1-11(2,7-15)6-14-10-4-8(12)3-9(13)5-10/h3-5,14-15H,6-7H2,1-2H3. The Morgan fingerprint density at radius 3 is 2.60 bits per heavy atom. The molecule has 0 heterocycles. The van der Waals surface area contributed by atoms with E-state index >= 15 is 0 Å². The van der Waals surface area contributed by atoms with Crippen LogP contribution in [-0.4, -0.2) is 18.3 Å². The Kier molecular flexibility index (Phi) is 3.94. The van der Waals surface area contributed by atoms with E-state index in [1.165, 1.54) is 12.1 Å². The molecule has 15 heavy (non-hydrogen) atoms. The molecule has 0 spiro atoms. The van der Waals surface area contributed by atoms with Crippen LogP contribution in [-0.2, 0) is 0 Å². The van der Waals surface area contributed by atoms with Gasteiger partial charge in [0.2, 0.25) is 0 Å². The van der Waals surface area contributed by atoms with Crippen LogP contribution in [0.2, 0.25) is 5.02 Å². The summed E-state index contributed by atoms with van der Waals surface area (Å²) < 4.78 is 13.0. The number of aliphatic hydroxyl groups excluding tert-OH is 1. The third-order valence-electron chi connectivity index (χ3n) is 2.06. The molecule has 2 N–H and O–H groups in total. The molecule has 0 fully saturated rings. The molecule has 4 heteroatoms. The predicted molar refractivity (Wildman–Crippen MR) is 60.8 cm³/mol. The van der Waals surface area contributed by atoms with Gasteiger partial charge in [0, 0.05) is 29.3 Å². The summed E-state index contributed by atoms with van der Waals surface area (Å²) in [5.41, 5.74) is 0.389. The van der Waals surface area contributed by atoms with E-state index in [-0.39, 0.29) is 17.8 Å².